The molecule has 146 valence electrons. The minimum absolute atomic E-state index is 0.0167. The first-order chi connectivity index (χ1) is 11.8. The lowest BCUT2D eigenvalue weighted by atomic mass is 10.2. The lowest BCUT2D eigenvalue weighted by Gasteiger charge is -2.39. The van der Waals surface area contributed by atoms with Gasteiger partial charge in [-0.05, 0) is 49.7 Å². The van der Waals surface area contributed by atoms with E-state index in [0.717, 1.165) is 10.4 Å². The Kier molecular flexibility index (Phi) is 5.99. The monoisotopic (exact) mass is 454 g/mol. The van der Waals surface area contributed by atoms with E-state index in [9.17, 15) is 22.0 Å². The minimum Gasteiger partial charge on any atom is -0.444 e. The highest BCUT2D eigenvalue weighted by atomic mass is 79.9. The Morgan fingerprint density at radius 1 is 1.23 bits per heavy atom. The third-order valence-corrected chi connectivity index (χ3v) is 6.42. The maximum Gasteiger partial charge on any atom is 0.410 e. The van der Waals surface area contributed by atoms with Crippen molar-refractivity contribution >= 4 is 32.0 Å². The van der Waals surface area contributed by atoms with Crippen LogP contribution in [0.1, 0.15) is 27.7 Å². The van der Waals surface area contributed by atoms with Crippen LogP contribution in [0.2, 0.25) is 0 Å². The molecule has 0 aliphatic carbocycles. The van der Waals surface area contributed by atoms with Gasteiger partial charge in [-0.3, -0.25) is 0 Å². The van der Waals surface area contributed by atoms with Gasteiger partial charge in [-0.15, -0.1) is 0 Å². The molecule has 0 N–H and O–H groups in total. The zero-order chi connectivity index (χ0) is 19.9. The number of amides is 1. The molecule has 10 heteroatoms. The van der Waals surface area contributed by atoms with Gasteiger partial charge in [-0.25, -0.2) is 22.0 Å². The molecule has 1 fully saturated rings. The number of nitrogens with zero attached hydrogens (tertiary/aromatic N) is 2. The van der Waals surface area contributed by atoms with E-state index in [4.69, 9.17) is 4.74 Å². The molecular weight excluding hydrogens is 434 g/mol. The predicted molar refractivity (Wildman–Crippen MR) is 95.2 cm³/mol. The number of halogens is 3. The molecular formula is C16H21BrF2N2O4S. The molecule has 1 atom stereocenters. The van der Waals surface area contributed by atoms with E-state index < -0.39 is 44.3 Å². The molecule has 0 saturated carbocycles. The van der Waals surface area contributed by atoms with E-state index in [1.807, 2.05) is 0 Å². The first-order valence-electron chi connectivity index (χ1n) is 7.97. The van der Waals surface area contributed by atoms with E-state index in [1.165, 1.54) is 4.90 Å². The molecule has 0 bridgehead atoms. The maximum atomic E-state index is 14.0. The van der Waals surface area contributed by atoms with Crippen molar-refractivity contribution in [2.75, 3.05) is 19.6 Å². The molecule has 1 unspecified atom stereocenters. The van der Waals surface area contributed by atoms with Gasteiger partial charge >= 0.3 is 6.09 Å². The fourth-order valence-electron chi connectivity index (χ4n) is 2.62. The molecule has 1 heterocycles. The third-order valence-electron chi connectivity index (χ3n) is 3.78. The van der Waals surface area contributed by atoms with Gasteiger partial charge in [-0.2, -0.15) is 4.31 Å². The minimum atomic E-state index is -4.18. The first kappa shape index (κ1) is 21.0. The number of ether oxygens (including phenoxy) is 1. The normalized spacial score (nSPS) is 19.5. The third kappa shape index (κ3) is 4.52. The molecule has 0 aromatic heterocycles. The maximum absolute atomic E-state index is 14.0. The second kappa shape index (κ2) is 7.40. The Balaban J connectivity index is 2.21. The van der Waals surface area contributed by atoms with Crippen LogP contribution in [0.5, 0.6) is 0 Å². The summed E-state index contributed by atoms with van der Waals surface area (Å²) in [4.78, 5) is 13.0. The number of sulfonamides is 1. The molecule has 1 aromatic rings. The standard InChI is InChI=1S/C16H21BrF2N2O4S/c1-10-9-20(15(22)25-16(2,3)4)5-6-21(10)26(23,24)14-7-11(17)12(18)8-13(14)19/h7-8,10H,5-6,9H2,1-4H3. The zero-order valence-corrected chi connectivity index (χ0v) is 17.3. The fourth-order valence-corrected chi connectivity index (χ4v) is 4.80. The largest absolute Gasteiger partial charge is 0.444 e. The van der Waals surface area contributed by atoms with Crippen LogP contribution in [0.15, 0.2) is 21.5 Å². The van der Waals surface area contributed by atoms with Gasteiger partial charge in [0.25, 0.3) is 0 Å². The topological polar surface area (TPSA) is 66.9 Å². The Labute approximate surface area is 160 Å². The van der Waals surface area contributed by atoms with Crippen LogP contribution in [0, 0.1) is 11.6 Å². The smallest absolute Gasteiger partial charge is 0.410 e. The first-order valence-corrected chi connectivity index (χ1v) is 10.2. The van der Waals surface area contributed by atoms with E-state index >= 15 is 0 Å². The van der Waals surface area contributed by atoms with Gasteiger partial charge in [0.15, 0.2) is 0 Å². The number of hydrogen-bond donors (Lipinski definition) is 0. The summed E-state index contributed by atoms with van der Waals surface area (Å²) in [6.07, 6.45) is -0.530. The van der Waals surface area contributed by atoms with Crippen molar-refractivity contribution in [1.82, 2.24) is 9.21 Å². The van der Waals surface area contributed by atoms with Crippen LogP contribution in [0.25, 0.3) is 0 Å². The Morgan fingerprint density at radius 2 is 1.85 bits per heavy atom. The van der Waals surface area contributed by atoms with Crippen LogP contribution in [0.4, 0.5) is 13.6 Å². The predicted octanol–water partition coefficient (Wildman–Crippen LogP) is 3.36. The summed E-state index contributed by atoms with van der Waals surface area (Å²) in [6.45, 7) is 7.04. The summed E-state index contributed by atoms with van der Waals surface area (Å²) >= 11 is 2.87. The fraction of sp³-hybridized carbons (Fsp3) is 0.562. The number of hydrogen-bond acceptors (Lipinski definition) is 4. The highest BCUT2D eigenvalue weighted by molar-refractivity contribution is 9.10. The molecule has 26 heavy (non-hydrogen) atoms. The number of benzene rings is 1. The summed E-state index contributed by atoms with van der Waals surface area (Å²) in [6, 6.07) is 0.843. The molecule has 2 rings (SSSR count). The molecule has 1 amide bonds. The quantitative estimate of drug-likeness (QED) is 0.642. The second-order valence-corrected chi connectivity index (χ2v) is 9.80. The summed E-state index contributed by atoms with van der Waals surface area (Å²) in [5.41, 5.74) is -0.660. The van der Waals surface area contributed by atoms with Crippen molar-refractivity contribution in [3.63, 3.8) is 0 Å². The van der Waals surface area contributed by atoms with E-state index in [2.05, 4.69) is 15.9 Å². The number of carbonyl (C=O) groups excluding carboxylic acids is 1. The van der Waals surface area contributed by atoms with Crippen LogP contribution in [0.3, 0.4) is 0 Å². The zero-order valence-electron chi connectivity index (χ0n) is 14.9. The van der Waals surface area contributed by atoms with Crippen LogP contribution >= 0.6 is 15.9 Å². The van der Waals surface area contributed by atoms with Crippen molar-refractivity contribution in [2.24, 2.45) is 0 Å². The van der Waals surface area contributed by atoms with Gasteiger partial charge < -0.3 is 9.64 Å². The molecule has 1 aromatic carbocycles. The molecule has 6 nitrogen and oxygen atoms in total. The van der Waals surface area contributed by atoms with Gasteiger partial charge in [0.1, 0.15) is 22.1 Å². The van der Waals surface area contributed by atoms with E-state index in [0.29, 0.717) is 6.07 Å². The van der Waals surface area contributed by atoms with Crippen molar-refractivity contribution < 1.29 is 26.7 Å². The van der Waals surface area contributed by atoms with Gasteiger partial charge in [-0.1, -0.05) is 0 Å². The second-order valence-electron chi connectivity index (χ2n) is 7.09. The highest BCUT2D eigenvalue weighted by Gasteiger charge is 2.38. The van der Waals surface area contributed by atoms with Crippen LogP contribution < -0.4 is 0 Å². The molecule has 1 aliphatic heterocycles. The Bertz CT molecular complexity index is 811. The molecule has 1 aliphatic rings. The average Bonchev–Trinajstić information content (AvgIpc) is 2.48. The van der Waals surface area contributed by atoms with Crippen molar-refractivity contribution in [3.8, 4) is 0 Å². The van der Waals surface area contributed by atoms with Gasteiger partial charge in [0, 0.05) is 31.7 Å². The number of piperazine rings is 1. The summed E-state index contributed by atoms with van der Waals surface area (Å²) < 4.78 is 59.3. The van der Waals surface area contributed by atoms with Gasteiger partial charge in [0.2, 0.25) is 10.0 Å². The Morgan fingerprint density at radius 3 is 2.38 bits per heavy atom. The summed E-state index contributed by atoms with van der Waals surface area (Å²) in [7, 11) is -4.18. The molecule has 0 radical (unpaired) electrons. The summed E-state index contributed by atoms with van der Waals surface area (Å²) in [5, 5.41) is 0. The lowest BCUT2D eigenvalue weighted by Crippen LogP contribution is -2.56. The lowest BCUT2D eigenvalue weighted by molar-refractivity contribution is 0.0143. The van der Waals surface area contributed by atoms with Crippen molar-refractivity contribution in [1.29, 1.82) is 0 Å². The van der Waals surface area contributed by atoms with Crippen LogP contribution in [-0.4, -0.2) is 55.0 Å². The van der Waals surface area contributed by atoms with Gasteiger partial charge in [0.05, 0.1) is 4.47 Å². The summed E-state index contributed by atoms with van der Waals surface area (Å²) in [5.74, 6) is -2.04. The SMILES string of the molecule is CC1CN(C(=O)OC(C)(C)C)CCN1S(=O)(=O)c1cc(Br)c(F)cc1F. The number of carbonyl (C=O) groups is 1. The highest BCUT2D eigenvalue weighted by Crippen LogP contribution is 2.28. The van der Waals surface area contributed by atoms with Crippen LogP contribution in [-0.2, 0) is 14.8 Å². The van der Waals surface area contributed by atoms with Crippen molar-refractivity contribution in [2.45, 2.75) is 44.2 Å². The molecule has 0 spiro atoms. The van der Waals surface area contributed by atoms with E-state index in [-0.39, 0.29) is 24.1 Å². The van der Waals surface area contributed by atoms with E-state index in [1.54, 1.807) is 27.7 Å². The average molecular weight is 455 g/mol. The molecule has 1 saturated heterocycles. The Hall–Kier alpha value is -1.26. The van der Waals surface area contributed by atoms with Crippen molar-refractivity contribution in [3.05, 3.63) is 28.2 Å². The number of rotatable bonds is 2.